The van der Waals surface area contributed by atoms with Crippen molar-refractivity contribution < 1.29 is 9.53 Å². The average Bonchev–Trinajstić information content (AvgIpc) is 2.20. The number of hydrogen-bond acceptors (Lipinski definition) is 4. The Morgan fingerprint density at radius 1 is 1.60 bits per heavy atom. The standard InChI is InChI=1S/C10H13ClN2O2/c1-6(10(14)15-2)13-9-4-3-7(11)5-8(9)12/h3-6,13H,12H2,1-2H3. The third-order valence-corrected chi connectivity index (χ3v) is 2.18. The number of rotatable bonds is 3. The van der Waals surface area contributed by atoms with Gasteiger partial charge in [-0.2, -0.15) is 0 Å². The van der Waals surface area contributed by atoms with Crippen LogP contribution in [0, 0.1) is 0 Å². The minimum absolute atomic E-state index is 0.343. The number of esters is 1. The van der Waals surface area contributed by atoms with Crippen molar-refractivity contribution in [2.45, 2.75) is 13.0 Å². The molecule has 0 aliphatic rings. The van der Waals surface area contributed by atoms with E-state index in [9.17, 15) is 4.79 Å². The number of ether oxygens (including phenoxy) is 1. The van der Waals surface area contributed by atoms with Crippen LogP contribution in [0.3, 0.4) is 0 Å². The van der Waals surface area contributed by atoms with E-state index in [1.54, 1.807) is 25.1 Å². The summed E-state index contributed by atoms with van der Waals surface area (Å²) >= 11 is 5.74. The Labute approximate surface area is 93.4 Å². The summed E-state index contributed by atoms with van der Waals surface area (Å²) in [6, 6.07) is 4.59. The zero-order valence-corrected chi connectivity index (χ0v) is 9.34. The zero-order chi connectivity index (χ0) is 11.4. The van der Waals surface area contributed by atoms with Crippen molar-refractivity contribution in [3.05, 3.63) is 23.2 Å². The van der Waals surface area contributed by atoms with Gasteiger partial charge in [-0.05, 0) is 25.1 Å². The Morgan fingerprint density at radius 3 is 2.80 bits per heavy atom. The molecule has 0 aromatic heterocycles. The SMILES string of the molecule is COC(=O)C(C)Nc1ccc(Cl)cc1N. The van der Waals surface area contributed by atoms with Crippen LogP contribution in [0.1, 0.15) is 6.92 Å². The van der Waals surface area contributed by atoms with Gasteiger partial charge in [0.1, 0.15) is 6.04 Å². The summed E-state index contributed by atoms with van der Waals surface area (Å²) in [7, 11) is 1.34. The smallest absolute Gasteiger partial charge is 0.327 e. The number of anilines is 2. The predicted octanol–water partition coefficient (Wildman–Crippen LogP) is 1.90. The lowest BCUT2D eigenvalue weighted by Gasteiger charge is -2.14. The van der Waals surface area contributed by atoms with Crippen molar-refractivity contribution in [2.24, 2.45) is 0 Å². The number of hydrogen-bond donors (Lipinski definition) is 2. The molecule has 82 valence electrons. The third kappa shape index (κ3) is 3.02. The second-order valence-corrected chi connectivity index (χ2v) is 3.56. The Bertz CT molecular complexity index is 368. The summed E-state index contributed by atoms with van der Waals surface area (Å²) in [4.78, 5) is 11.1. The second kappa shape index (κ2) is 4.89. The molecule has 0 radical (unpaired) electrons. The van der Waals surface area contributed by atoms with Gasteiger partial charge in [0.15, 0.2) is 0 Å². The normalized spacial score (nSPS) is 11.9. The molecule has 4 nitrogen and oxygen atoms in total. The lowest BCUT2D eigenvalue weighted by atomic mass is 10.2. The molecule has 1 aromatic rings. The lowest BCUT2D eigenvalue weighted by Crippen LogP contribution is -2.27. The number of nitrogens with one attached hydrogen (secondary N) is 1. The molecule has 0 aliphatic heterocycles. The molecular formula is C10H13ClN2O2. The summed E-state index contributed by atoms with van der Waals surface area (Å²) in [5.74, 6) is -0.343. The van der Waals surface area contributed by atoms with E-state index in [-0.39, 0.29) is 5.97 Å². The van der Waals surface area contributed by atoms with Gasteiger partial charge < -0.3 is 15.8 Å². The Balaban J connectivity index is 2.76. The van der Waals surface area contributed by atoms with Gasteiger partial charge in [-0.3, -0.25) is 0 Å². The molecule has 1 unspecified atom stereocenters. The Kier molecular flexibility index (Phi) is 3.80. The highest BCUT2D eigenvalue weighted by Gasteiger charge is 2.13. The van der Waals surface area contributed by atoms with E-state index in [4.69, 9.17) is 17.3 Å². The molecule has 0 saturated carbocycles. The van der Waals surface area contributed by atoms with Crippen LogP contribution in [-0.4, -0.2) is 19.1 Å². The number of carbonyl (C=O) groups excluding carboxylic acids is 1. The van der Waals surface area contributed by atoms with Gasteiger partial charge in [-0.1, -0.05) is 11.6 Å². The van der Waals surface area contributed by atoms with Gasteiger partial charge in [0, 0.05) is 5.02 Å². The van der Waals surface area contributed by atoms with Crippen LogP contribution in [0.25, 0.3) is 0 Å². The molecule has 5 heteroatoms. The first-order valence-electron chi connectivity index (χ1n) is 4.44. The molecule has 0 fully saturated rings. The number of benzene rings is 1. The van der Waals surface area contributed by atoms with Gasteiger partial charge in [0.2, 0.25) is 0 Å². The van der Waals surface area contributed by atoms with Gasteiger partial charge in [-0.25, -0.2) is 4.79 Å². The van der Waals surface area contributed by atoms with Crippen LogP contribution in [0.4, 0.5) is 11.4 Å². The summed E-state index contributed by atoms with van der Waals surface area (Å²) in [6.07, 6.45) is 0. The van der Waals surface area contributed by atoms with Crippen molar-refractivity contribution >= 4 is 28.9 Å². The Morgan fingerprint density at radius 2 is 2.27 bits per heavy atom. The van der Waals surface area contributed by atoms with Crippen molar-refractivity contribution in [2.75, 3.05) is 18.2 Å². The van der Waals surface area contributed by atoms with Crippen molar-refractivity contribution in [1.82, 2.24) is 0 Å². The molecule has 0 saturated heterocycles. The summed E-state index contributed by atoms with van der Waals surface area (Å²) in [5, 5.41) is 3.49. The van der Waals surface area contributed by atoms with E-state index >= 15 is 0 Å². The molecule has 1 rings (SSSR count). The number of nitrogens with two attached hydrogens (primary N) is 1. The highest BCUT2D eigenvalue weighted by atomic mass is 35.5. The molecule has 0 heterocycles. The van der Waals surface area contributed by atoms with E-state index < -0.39 is 6.04 Å². The first-order chi connectivity index (χ1) is 7.04. The van der Waals surface area contributed by atoms with Crippen molar-refractivity contribution in [3.8, 4) is 0 Å². The first-order valence-corrected chi connectivity index (χ1v) is 4.81. The third-order valence-electron chi connectivity index (χ3n) is 1.94. The number of halogens is 1. The topological polar surface area (TPSA) is 64.3 Å². The summed E-state index contributed by atoms with van der Waals surface area (Å²) in [6.45, 7) is 1.69. The molecule has 3 N–H and O–H groups in total. The molecule has 0 bridgehead atoms. The Hall–Kier alpha value is -1.42. The van der Waals surface area contributed by atoms with Gasteiger partial charge >= 0.3 is 5.97 Å². The van der Waals surface area contributed by atoms with Gasteiger partial charge in [0.05, 0.1) is 18.5 Å². The molecule has 1 atom stereocenters. The van der Waals surface area contributed by atoms with Crippen LogP contribution in [0.5, 0.6) is 0 Å². The van der Waals surface area contributed by atoms with Crippen LogP contribution in [0.15, 0.2) is 18.2 Å². The van der Waals surface area contributed by atoms with E-state index in [1.807, 2.05) is 0 Å². The highest BCUT2D eigenvalue weighted by Crippen LogP contribution is 2.23. The maximum absolute atomic E-state index is 11.1. The average molecular weight is 229 g/mol. The van der Waals surface area contributed by atoms with E-state index in [0.29, 0.717) is 16.4 Å². The molecule has 0 amide bonds. The van der Waals surface area contributed by atoms with E-state index in [0.717, 1.165) is 0 Å². The predicted molar refractivity (Wildman–Crippen MR) is 61.0 cm³/mol. The van der Waals surface area contributed by atoms with Gasteiger partial charge in [0.25, 0.3) is 0 Å². The van der Waals surface area contributed by atoms with Crippen molar-refractivity contribution in [3.63, 3.8) is 0 Å². The molecule has 0 aliphatic carbocycles. The maximum Gasteiger partial charge on any atom is 0.327 e. The van der Waals surface area contributed by atoms with Crippen LogP contribution >= 0.6 is 11.6 Å². The first kappa shape index (κ1) is 11.7. The lowest BCUT2D eigenvalue weighted by molar-refractivity contribution is -0.141. The van der Waals surface area contributed by atoms with Crippen LogP contribution in [-0.2, 0) is 9.53 Å². The van der Waals surface area contributed by atoms with Crippen LogP contribution < -0.4 is 11.1 Å². The minimum atomic E-state index is -0.446. The summed E-state index contributed by atoms with van der Waals surface area (Å²) < 4.78 is 4.58. The fourth-order valence-electron chi connectivity index (χ4n) is 1.13. The highest BCUT2D eigenvalue weighted by molar-refractivity contribution is 6.31. The fraction of sp³-hybridized carbons (Fsp3) is 0.300. The van der Waals surface area contributed by atoms with E-state index in [2.05, 4.69) is 10.1 Å². The molecule has 15 heavy (non-hydrogen) atoms. The zero-order valence-electron chi connectivity index (χ0n) is 8.58. The molecule has 0 spiro atoms. The number of methoxy groups -OCH3 is 1. The van der Waals surface area contributed by atoms with Crippen molar-refractivity contribution in [1.29, 1.82) is 0 Å². The van der Waals surface area contributed by atoms with E-state index in [1.165, 1.54) is 7.11 Å². The minimum Gasteiger partial charge on any atom is -0.467 e. The molecular weight excluding hydrogens is 216 g/mol. The largest absolute Gasteiger partial charge is 0.467 e. The fourth-order valence-corrected chi connectivity index (χ4v) is 1.31. The van der Waals surface area contributed by atoms with Crippen LogP contribution in [0.2, 0.25) is 5.02 Å². The second-order valence-electron chi connectivity index (χ2n) is 3.12. The summed E-state index contributed by atoms with van der Waals surface area (Å²) in [5.41, 5.74) is 6.87. The quantitative estimate of drug-likeness (QED) is 0.613. The maximum atomic E-state index is 11.1. The number of nitrogen functional groups attached to an aromatic ring is 1. The molecule has 1 aromatic carbocycles. The number of carbonyl (C=O) groups is 1. The monoisotopic (exact) mass is 228 g/mol. The van der Waals surface area contributed by atoms with Gasteiger partial charge in [-0.15, -0.1) is 0 Å².